The van der Waals surface area contributed by atoms with Gasteiger partial charge in [-0.25, -0.2) is 4.68 Å². The van der Waals surface area contributed by atoms with Gasteiger partial charge in [-0.15, -0.1) is 5.10 Å². The number of rotatable bonds is 9. The van der Waals surface area contributed by atoms with Crippen LogP contribution in [0, 0.1) is 0 Å². The molecule has 1 aliphatic rings. The summed E-state index contributed by atoms with van der Waals surface area (Å²) in [6.45, 7) is -1.64. The summed E-state index contributed by atoms with van der Waals surface area (Å²) in [6, 6.07) is 0. The predicted molar refractivity (Wildman–Crippen MR) is 86.0 cm³/mol. The molecule has 2 rings (SSSR count). The number of nitrogens with zero attached hydrogens (tertiary/aromatic N) is 3. The summed E-state index contributed by atoms with van der Waals surface area (Å²) in [5.74, 6) is -1.08. The number of hydrogen-bond acceptors (Lipinski definition) is 12. The van der Waals surface area contributed by atoms with E-state index in [1.807, 2.05) is 0 Å². The van der Waals surface area contributed by atoms with Crippen molar-refractivity contribution in [3.63, 3.8) is 0 Å². The Balaban J connectivity index is 1.91. The van der Waals surface area contributed by atoms with Crippen molar-refractivity contribution in [2.24, 2.45) is 0 Å². The number of ether oxygens (including phenoxy) is 1. The van der Waals surface area contributed by atoms with E-state index in [9.17, 15) is 35.4 Å². The molecule has 0 aliphatic carbocycles. The number of nitrogens with one attached hydrogen (secondary N) is 1. The number of hydrogen-bond donors (Lipinski definition) is 9. The second-order valence-corrected chi connectivity index (χ2v) is 6.31. The average Bonchev–Trinajstić information content (AvgIpc) is 3.28. The number of aromatic nitrogens is 3. The third kappa shape index (κ3) is 4.80. The minimum absolute atomic E-state index is 0.170. The molecule has 9 N–H and O–H groups in total. The zero-order valence-corrected chi connectivity index (χ0v) is 14.6. The highest BCUT2D eigenvalue weighted by Gasteiger charge is 2.44. The van der Waals surface area contributed by atoms with Crippen LogP contribution in [0.15, 0.2) is 6.20 Å². The lowest BCUT2D eigenvalue weighted by Gasteiger charge is -2.24. The molecule has 0 aromatic carbocycles. The van der Waals surface area contributed by atoms with Crippen molar-refractivity contribution >= 4 is 5.91 Å². The van der Waals surface area contributed by atoms with Gasteiger partial charge in [0.15, 0.2) is 12.3 Å². The van der Waals surface area contributed by atoms with Gasteiger partial charge in [0.2, 0.25) is 0 Å². The number of aliphatic hydroxyl groups excluding tert-OH is 8. The fourth-order valence-electron chi connectivity index (χ4n) is 2.58. The first-order valence-electron chi connectivity index (χ1n) is 8.35. The second-order valence-electron chi connectivity index (χ2n) is 6.31. The Kier molecular flexibility index (Phi) is 7.76. The Labute approximate surface area is 158 Å². The smallest absolute Gasteiger partial charge is 0.251 e. The van der Waals surface area contributed by atoms with Crippen LogP contribution in [-0.4, -0.2) is 118 Å². The monoisotopic (exact) mass is 408 g/mol. The molecule has 1 aliphatic heterocycles. The van der Waals surface area contributed by atoms with Gasteiger partial charge in [0.05, 0.1) is 26.0 Å². The zero-order chi connectivity index (χ0) is 21.0. The van der Waals surface area contributed by atoms with Crippen LogP contribution in [0.25, 0.3) is 0 Å². The molecule has 160 valence electrons. The number of carbonyl (C=O) groups is 1. The topological polar surface area (TPSA) is 231 Å². The van der Waals surface area contributed by atoms with E-state index in [0.717, 1.165) is 4.68 Å². The summed E-state index contributed by atoms with van der Waals surface area (Å²) in [4.78, 5) is 11.9. The Morgan fingerprint density at radius 2 is 1.86 bits per heavy atom. The summed E-state index contributed by atoms with van der Waals surface area (Å²) < 4.78 is 6.35. The maximum absolute atomic E-state index is 11.9. The van der Waals surface area contributed by atoms with Crippen molar-refractivity contribution < 1.29 is 50.4 Å². The molecular weight excluding hydrogens is 384 g/mol. The van der Waals surface area contributed by atoms with Gasteiger partial charge in [-0.2, -0.15) is 0 Å². The maximum Gasteiger partial charge on any atom is 0.251 e. The van der Waals surface area contributed by atoms with E-state index in [4.69, 9.17) is 14.9 Å². The van der Waals surface area contributed by atoms with Crippen molar-refractivity contribution in [2.75, 3.05) is 13.2 Å². The van der Waals surface area contributed by atoms with Crippen LogP contribution in [0.4, 0.5) is 0 Å². The minimum atomic E-state index is -2.09. The van der Waals surface area contributed by atoms with Crippen LogP contribution in [0.5, 0.6) is 0 Å². The van der Waals surface area contributed by atoms with E-state index in [-0.39, 0.29) is 12.2 Å². The number of aliphatic hydroxyl groups is 8. The van der Waals surface area contributed by atoms with Gasteiger partial charge >= 0.3 is 0 Å². The number of carbonyl (C=O) groups excluding carboxylic acids is 1. The first-order valence-corrected chi connectivity index (χ1v) is 8.35. The van der Waals surface area contributed by atoms with E-state index in [0.29, 0.717) is 0 Å². The van der Waals surface area contributed by atoms with E-state index in [2.05, 4.69) is 15.6 Å². The molecular formula is C14H24N4O10. The Morgan fingerprint density at radius 1 is 1.18 bits per heavy atom. The third-order valence-electron chi connectivity index (χ3n) is 4.30. The van der Waals surface area contributed by atoms with Gasteiger partial charge in [-0.3, -0.25) is 4.79 Å². The molecule has 0 radical (unpaired) electrons. The number of amides is 1. The average molecular weight is 408 g/mol. The molecule has 2 heterocycles. The molecule has 0 spiro atoms. The summed E-state index contributed by atoms with van der Waals surface area (Å²) in [7, 11) is 0. The van der Waals surface area contributed by atoms with Gasteiger partial charge in [-0.1, -0.05) is 5.21 Å². The minimum Gasteiger partial charge on any atom is -0.394 e. The van der Waals surface area contributed by atoms with Gasteiger partial charge in [0.1, 0.15) is 42.3 Å². The molecule has 1 fully saturated rings. The van der Waals surface area contributed by atoms with Crippen LogP contribution < -0.4 is 5.32 Å². The molecule has 1 saturated heterocycles. The van der Waals surface area contributed by atoms with Crippen LogP contribution in [0.1, 0.15) is 11.9 Å². The lowest BCUT2D eigenvalue weighted by molar-refractivity contribution is -0.149. The zero-order valence-electron chi connectivity index (χ0n) is 14.6. The molecule has 0 bridgehead atoms. The fourth-order valence-corrected chi connectivity index (χ4v) is 2.58. The fraction of sp³-hybridized carbons (Fsp3) is 0.786. The first kappa shape index (κ1) is 22.5. The summed E-state index contributed by atoms with van der Waals surface area (Å²) in [5, 5.41) is 85.2. The van der Waals surface area contributed by atoms with Crippen molar-refractivity contribution in [1.29, 1.82) is 0 Å². The highest BCUT2D eigenvalue weighted by Crippen LogP contribution is 2.28. The van der Waals surface area contributed by atoms with Gasteiger partial charge in [-0.05, 0) is 0 Å². The third-order valence-corrected chi connectivity index (χ3v) is 4.30. The quantitative estimate of drug-likeness (QED) is 0.186. The lowest BCUT2D eigenvalue weighted by Crippen LogP contribution is -2.51. The van der Waals surface area contributed by atoms with Crippen molar-refractivity contribution in [3.05, 3.63) is 11.9 Å². The van der Waals surface area contributed by atoms with Crippen LogP contribution >= 0.6 is 0 Å². The Hall–Kier alpha value is -1.75. The summed E-state index contributed by atoms with van der Waals surface area (Å²) in [6.07, 6.45) is -11.3. The van der Waals surface area contributed by atoms with Gasteiger partial charge in [0, 0.05) is 0 Å². The molecule has 1 aromatic rings. The predicted octanol–water partition coefficient (Wildman–Crippen LogP) is -6.06. The molecule has 8 atom stereocenters. The Morgan fingerprint density at radius 3 is 2.43 bits per heavy atom. The first-order chi connectivity index (χ1) is 13.2. The largest absolute Gasteiger partial charge is 0.394 e. The molecule has 0 saturated carbocycles. The van der Waals surface area contributed by atoms with E-state index < -0.39 is 68.1 Å². The van der Waals surface area contributed by atoms with Gasteiger partial charge in [0.25, 0.3) is 5.91 Å². The van der Waals surface area contributed by atoms with E-state index in [1.165, 1.54) is 6.20 Å². The normalized spacial score (nSPS) is 29.3. The van der Waals surface area contributed by atoms with Crippen LogP contribution in [0.2, 0.25) is 0 Å². The lowest BCUT2D eigenvalue weighted by atomic mass is 10.0. The van der Waals surface area contributed by atoms with Crippen molar-refractivity contribution in [3.8, 4) is 0 Å². The molecule has 1 amide bonds. The van der Waals surface area contributed by atoms with Gasteiger partial charge < -0.3 is 50.9 Å². The van der Waals surface area contributed by atoms with E-state index in [1.54, 1.807) is 0 Å². The van der Waals surface area contributed by atoms with Crippen molar-refractivity contribution in [1.82, 2.24) is 20.3 Å². The molecule has 28 heavy (non-hydrogen) atoms. The molecule has 0 unspecified atom stereocenters. The van der Waals surface area contributed by atoms with Crippen LogP contribution in [-0.2, 0) is 16.1 Å². The standard InChI is InChI=1S/C14H24N4O10/c19-3-6(21)8(22)10(24)11(25)13(27)15-1-5-2-18(17-16-5)14-12(26)9(23)7(4-20)28-14/h2,6-12,14,19-26H,1,3-4H2,(H,15,27)/t6-,7-,8-,9-,10+,11-,12-,14-/m1/s1. The molecule has 14 nitrogen and oxygen atoms in total. The Bertz CT molecular complexity index is 645. The summed E-state index contributed by atoms with van der Waals surface area (Å²) >= 11 is 0. The highest BCUT2D eigenvalue weighted by molar-refractivity contribution is 5.81. The molecule has 14 heteroatoms. The SMILES string of the molecule is O=C(NCc1cn([C@@H]2O[C@H](CO)[C@@H](O)[C@H]2O)nn1)[C@H](O)[C@@H](O)[C@H](O)[C@H](O)CO. The molecule has 1 aromatic heterocycles. The maximum atomic E-state index is 11.9. The second kappa shape index (κ2) is 9.64. The van der Waals surface area contributed by atoms with Crippen molar-refractivity contribution in [2.45, 2.75) is 55.5 Å². The highest BCUT2D eigenvalue weighted by atomic mass is 16.6. The van der Waals surface area contributed by atoms with Crippen LogP contribution in [0.3, 0.4) is 0 Å². The summed E-state index contributed by atoms with van der Waals surface area (Å²) in [5.41, 5.74) is 0.170. The van der Waals surface area contributed by atoms with E-state index >= 15 is 0 Å².